The van der Waals surface area contributed by atoms with Gasteiger partial charge in [-0.3, -0.25) is 0 Å². The van der Waals surface area contributed by atoms with E-state index in [0.717, 1.165) is 4.88 Å². The predicted octanol–water partition coefficient (Wildman–Crippen LogP) is 2.09. The molecule has 1 atom stereocenters. The zero-order chi connectivity index (χ0) is 8.10. The number of thiophene rings is 1. The fourth-order valence-corrected chi connectivity index (χ4v) is 1.39. The second kappa shape index (κ2) is 3.98. The summed E-state index contributed by atoms with van der Waals surface area (Å²) >= 11 is 1.45. The number of hydrogen-bond acceptors (Lipinski definition) is 3. The van der Waals surface area contributed by atoms with E-state index in [9.17, 15) is 5.11 Å². The van der Waals surface area contributed by atoms with E-state index < -0.39 is 6.10 Å². The van der Waals surface area contributed by atoms with Crippen molar-refractivity contribution in [3.05, 3.63) is 32.8 Å². The number of aliphatic hydroxyl groups is 1. The zero-order valence-corrected chi connectivity index (χ0v) is 6.53. The molecule has 1 N–H and O–H groups in total. The molecule has 0 spiro atoms. The van der Waals surface area contributed by atoms with Crippen molar-refractivity contribution in [2.75, 3.05) is 6.54 Å². The van der Waals surface area contributed by atoms with Crippen LogP contribution in [0.3, 0.4) is 0 Å². The van der Waals surface area contributed by atoms with E-state index in [1.165, 1.54) is 11.3 Å². The Bertz CT molecular complexity index is 253. The summed E-state index contributed by atoms with van der Waals surface area (Å²) in [6.07, 6.45) is -0.647. The highest BCUT2D eigenvalue weighted by Gasteiger charge is 2.05. The summed E-state index contributed by atoms with van der Waals surface area (Å²) in [4.78, 5) is 3.39. The SMILES string of the molecule is [N-]=[N+]=NCC(O)c1cccs1. The Morgan fingerprint density at radius 3 is 3.18 bits per heavy atom. The van der Waals surface area contributed by atoms with Gasteiger partial charge in [-0.2, -0.15) is 0 Å². The molecule has 0 aliphatic carbocycles. The van der Waals surface area contributed by atoms with Gasteiger partial charge in [-0.05, 0) is 17.0 Å². The normalized spacial score (nSPS) is 12.1. The summed E-state index contributed by atoms with van der Waals surface area (Å²) in [6.45, 7) is 0.108. The van der Waals surface area contributed by atoms with Gasteiger partial charge >= 0.3 is 0 Å². The van der Waals surface area contributed by atoms with Crippen molar-refractivity contribution in [2.24, 2.45) is 5.11 Å². The van der Waals surface area contributed by atoms with Gasteiger partial charge in [-0.25, -0.2) is 0 Å². The maximum Gasteiger partial charge on any atom is 0.0938 e. The number of hydrogen-bond donors (Lipinski definition) is 1. The second-order valence-electron chi connectivity index (χ2n) is 1.94. The molecule has 1 rings (SSSR count). The predicted molar refractivity (Wildman–Crippen MR) is 43.3 cm³/mol. The van der Waals surface area contributed by atoms with E-state index in [1.807, 2.05) is 17.5 Å². The molecule has 4 nitrogen and oxygen atoms in total. The van der Waals surface area contributed by atoms with Crippen molar-refractivity contribution in [1.82, 2.24) is 0 Å². The fourth-order valence-electron chi connectivity index (χ4n) is 0.685. The summed E-state index contributed by atoms with van der Waals surface area (Å²) in [6, 6.07) is 3.65. The Balaban J connectivity index is 2.55. The molecule has 1 unspecified atom stereocenters. The minimum atomic E-state index is -0.647. The van der Waals surface area contributed by atoms with Gasteiger partial charge in [0.25, 0.3) is 0 Å². The first-order valence-corrected chi connectivity index (χ1v) is 3.95. The van der Waals surface area contributed by atoms with Crippen LogP contribution in [0, 0.1) is 0 Å². The highest BCUT2D eigenvalue weighted by atomic mass is 32.1. The zero-order valence-electron chi connectivity index (χ0n) is 5.71. The van der Waals surface area contributed by atoms with Crippen LogP contribution in [-0.2, 0) is 0 Å². The van der Waals surface area contributed by atoms with Crippen LogP contribution in [0.15, 0.2) is 22.6 Å². The molecule has 0 saturated carbocycles. The Labute approximate surface area is 67.7 Å². The molecular weight excluding hydrogens is 162 g/mol. The highest BCUT2D eigenvalue weighted by molar-refractivity contribution is 7.10. The van der Waals surface area contributed by atoms with E-state index >= 15 is 0 Å². The second-order valence-corrected chi connectivity index (χ2v) is 2.92. The molecule has 0 saturated heterocycles. The van der Waals surface area contributed by atoms with Crippen LogP contribution in [0.25, 0.3) is 10.4 Å². The smallest absolute Gasteiger partial charge is 0.0938 e. The number of rotatable bonds is 3. The van der Waals surface area contributed by atoms with E-state index in [1.54, 1.807) is 0 Å². The lowest BCUT2D eigenvalue weighted by atomic mass is 10.3. The Hall–Kier alpha value is -1.03. The maximum atomic E-state index is 9.29. The van der Waals surface area contributed by atoms with Crippen LogP contribution in [0.2, 0.25) is 0 Å². The van der Waals surface area contributed by atoms with Crippen molar-refractivity contribution in [3.8, 4) is 0 Å². The van der Waals surface area contributed by atoms with Gasteiger partial charge in [-0.15, -0.1) is 11.3 Å². The summed E-state index contributed by atoms with van der Waals surface area (Å²) in [7, 11) is 0. The van der Waals surface area contributed by atoms with Gasteiger partial charge in [0.2, 0.25) is 0 Å². The number of nitrogens with zero attached hydrogens (tertiary/aromatic N) is 3. The van der Waals surface area contributed by atoms with Crippen molar-refractivity contribution in [3.63, 3.8) is 0 Å². The Morgan fingerprint density at radius 1 is 1.82 bits per heavy atom. The quantitative estimate of drug-likeness (QED) is 0.420. The molecule has 0 amide bonds. The van der Waals surface area contributed by atoms with Gasteiger partial charge in [0, 0.05) is 9.79 Å². The fraction of sp³-hybridized carbons (Fsp3) is 0.333. The van der Waals surface area contributed by atoms with Gasteiger partial charge < -0.3 is 5.11 Å². The van der Waals surface area contributed by atoms with E-state index in [2.05, 4.69) is 10.0 Å². The van der Waals surface area contributed by atoms with Crippen LogP contribution >= 0.6 is 11.3 Å². The minimum absolute atomic E-state index is 0.108. The largest absolute Gasteiger partial charge is 0.387 e. The maximum absolute atomic E-state index is 9.29. The van der Waals surface area contributed by atoms with Crippen molar-refractivity contribution < 1.29 is 5.11 Å². The third-order valence-corrected chi connectivity index (χ3v) is 2.16. The first-order valence-electron chi connectivity index (χ1n) is 3.07. The first kappa shape index (κ1) is 8.07. The summed E-state index contributed by atoms with van der Waals surface area (Å²) < 4.78 is 0. The van der Waals surface area contributed by atoms with Gasteiger partial charge in [0.05, 0.1) is 12.6 Å². The van der Waals surface area contributed by atoms with Crippen LogP contribution in [0.5, 0.6) is 0 Å². The highest BCUT2D eigenvalue weighted by Crippen LogP contribution is 2.18. The van der Waals surface area contributed by atoms with Gasteiger partial charge in [-0.1, -0.05) is 11.2 Å². The molecule has 0 aliphatic heterocycles. The Kier molecular flexibility index (Phi) is 2.92. The molecule has 1 aromatic rings. The van der Waals surface area contributed by atoms with E-state index in [0.29, 0.717) is 0 Å². The number of azide groups is 1. The standard InChI is InChI=1S/C6H7N3OS/c7-9-8-4-5(10)6-2-1-3-11-6/h1-3,5,10H,4H2. The monoisotopic (exact) mass is 169 g/mol. The third-order valence-electron chi connectivity index (χ3n) is 1.19. The molecule has 11 heavy (non-hydrogen) atoms. The van der Waals surface area contributed by atoms with Crippen molar-refractivity contribution >= 4 is 11.3 Å². The molecule has 0 aromatic carbocycles. The van der Waals surface area contributed by atoms with Crippen LogP contribution in [0.4, 0.5) is 0 Å². The van der Waals surface area contributed by atoms with Crippen LogP contribution in [-0.4, -0.2) is 11.7 Å². The molecule has 0 radical (unpaired) electrons. The van der Waals surface area contributed by atoms with Crippen molar-refractivity contribution in [1.29, 1.82) is 0 Å². The molecule has 1 aromatic heterocycles. The summed E-state index contributed by atoms with van der Waals surface area (Å²) in [5.74, 6) is 0. The Morgan fingerprint density at radius 2 is 2.64 bits per heavy atom. The summed E-state index contributed by atoms with van der Waals surface area (Å²) in [5, 5.41) is 14.4. The molecule has 1 heterocycles. The lowest BCUT2D eigenvalue weighted by molar-refractivity contribution is 0.190. The molecule has 58 valence electrons. The lowest BCUT2D eigenvalue weighted by Gasteiger charge is -2.01. The van der Waals surface area contributed by atoms with Gasteiger partial charge in [0.1, 0.15) is 0 Å². The van der Waals surface area contributed by atoms with Crippen molar-refractivity contribution in [2.45, 2.75) is 6.10 Å². The van der Waals surface area contributed by atoms with Crippen LogP contribution in [0.1, 0.15) is 11.0 Å². The topological polar surface area (TPSA) is 69.0 Å². The lowest BCUT2D eigenvalue weighted by Crippen LogP contribution is -1.97. The number of aliphatic hydroxyl groups excluding tert-OH is 1. The molecule has 0 aliphatic rings. The molecular formula is C6H7N3OS. The summed E-state index contributed by atoms with van der Waals surface area (Å²) in [5.41, 5.74) is 7.96. The molecule has 5 heteroatoms. The minimum Gasteiger partial charge on any atom is -0.387 e. The van der Waals surface area contributed by atoms with Gasteiger partial charge in [0.15, 0.2) is 0 Å². The van der Waals surface area contributed by atoms with E-state index in [4.69, 9.17) is 5.53 Å². The molecule has 0 bridgehead atoms. The third kappa shape index (κ3) is 2.23. The van der Waals surface area contributed by atoms with E-state index in [-0.39, 0.29) is 6.54 Å². The molecule has 0 fully saturated rings. The average Bonchev–Trinajstić information content (AvgIpc) is 2.52. The average molecular weight is 169 g/mol. The van der Waals surface area contributed by atoms with Crippen LogP contribution < -0.4 is 0 Å². The first-order chi connectivity index (χ1) is 5.34.